The zero-order chi connectivity index (χ0) is 14.7. The number of nitrogens with zero attached hydrogens (tertiary/aromatic N) is 2. The molecule has 3 N–H and O–H groups in total. The molecule has 124 valence electrons. The number of likely N-dealkylation sites (tertiary alicyclic amines) is 1. The molecular weight excluding hydrogens is 302 g/mol. The Kier molecular flexibility index (Phi) is 6.23. The van der Waals surface area contributed by atoms with E-state index in [1.807, 2.05) is 0 Å². The maximum atomic E-state index is 12.4. The lowest BCUT2D eigenvalue weighted by atomic mass is 10.1. The lowest BCUT2D eigenvalue weighted by Crippen LogP contribution is -2.44. The molecule has 0 spiro atoms. The van der Waals surface area contributed by atoms with Gasteiger partial charge in [-0.1, -0.05) is 6.42 Å². The highest BCUT2D eigenvalue weighted by Gasteiger charge is 2.23. The van der Waals surface area contributed by atoms with Crippen LogP contribution >= 0.6 is 12.4 Å². The van der Waals surface area contributed by atoms with Gasteiger partial charge in [0.2, 0.25) is 0 Å². The molecule has 3 heterocycles. The van der Waals surface area contributed by atoms with Gasteiger partial charge in [-0.05, 0) is 32.9 Å². The smallest absolute Gasteiger partial charge is 0.272 e. The minimum atomic E-state index is -0.0549. The van der Waals surface area contributed by atoms with Crippen molar-refractivity contribution in [2.75, 3.05) is 26.2 Å². The van der Waals surface area contributed by atoms with Gasteiger partial charge in [-0.15, -0.1) is 12.4 Å². The molecule has 1 aromatic rings. The Hall–Kier alpha value is -1.11. The number of rotatable bonds is 4. The molecular formula is C15H26ClN5O. The molecule has 22 heavy (non-hydrogen) atoms. The number of hydrogen-bond acceptors (Lipinski definition) is 4. The van der Waals surface area contributed by atoms with E-state index in [4.69, 9.17) is 0 Å². The van der Waals surface area contributed by atoms with Gasteiger partial charge in [-0.3, -0.25) is 9.89 Å². The normalized spacial score (nSPS) is 19.9. The third kappa shape index (κ3) is 4.00. The summed E-state index contributed by atoms with van der Waals surface area (Å²) < 4.78 is 0. The van der Waals surface area contributed by atoms with E-state index in [1.54, 1.807) is 0 Å². The van der Waals surface area contributed by atoms with Crippen LogP contribution in [0.4, 0.5) is 0 Å². The van der Waals surface area contributed by atoms with Gasteiger partial charge in [0.15, 0.2) is 5.69 Å². The van der Waals surface area contributed by atoms with Crippen LogP contribution in [0.3, 0.4) is 0 Å². The number of piperidine rings is 1. The molecule has 0 radical (unpaired) electrons. The van der Waals surface area contributed by atoms with Crippen molar-refractivity contribution in [3.8, 4) is 0 Å². The number of aromatic amines is 1. The van der Waals surface area contributed by atoms with Crippen molar-refractivity contribution in [2.24, 2.45) is 0 Å². The lowest BCUT2D eigenvalue weighted by Gasteiger charge is -2.29. The molecule has 0 bridgehead atoms. The minimum absolute atomic E-state index is 0. The maximum absolute atomic E-state index is 12.4. The van der Waals surface area contributed by atoms with Crippen molar-refractivity contribution in [2.45, 2.75) is 45.2 Å². The van der Waals surface area contributed by atoms with Crippen LogP contribution < -0.4 is 10.6 Å². The summed E-state index contributed by atoms with van der Waals surface area (Å²) in [6.45, 7) is 6.99. The van der Waals surface area contributed by atoms with E-state index in [0.717, 1.165) is 50.4 Å². The largest absolute Gasteiger partial charge is 0.347 e. The van der Waals surface area contributed by atoms with Crippen LogP contribution in [0, 0.1) is 0 Å². The Labute approximate surface area is 137 Å². The van der Waals surface area contributed by atoms with Gasteiger partial charge in [-0.2, -0.15) is 5.10 Å². The third-order valence-electron chi connectivity index (χ3n) is 4.38. The quantitative estimate of drug-likeness (QED) is 0.774. The number of hydrogen-bond donors (Lipinski definition) is 3. The highest BCUT2D eigenvalue weighted by molar-refractivity contribution is 5.94. The van der Waals surface area contributed by atoms with Crippen molar-refractivity contribution in [3.63, 3.8) is 0 Å². The van der Waals surface area contributed by atoms with Crippen molar-refractivity contribution >= 4 is 18.3 Å². The number of carbonyl (C=O) groups is 1. The molecule has 1 fully saturated rings. The second kappa shape index (κ2) is 7.94. The van der Waals surface area contributed by atoms with E-state index in [2.05, 4.69) is 32.7 Å². The zero-order valence-electron chi connectivity index (χ0n) is 13.2. The molecule has 3 rings (SSSR count). The molecule has 1 amide bonds. The number of nitrogens with one attached hydrogen (secondary N) is 3. The molecule has 2 aliphatic rings. The summed E-state index contributed by atoms with van der Waals surface area (Å²) in [6.07, 6.45) is 4.81. The Balaban J connectivity index is 0.00000176. The molecule has 6 nitrogen and oxygen atoms in total. The van der Waals surface area contributed by atoms with Crippen molar-refractivity contribution < 1.29 is 4.79 Å². The zero-order valence-corrected chi connectivity index (χ0v) is 14.0. The van der Waals surface area contributed by atoms with Gasteiger partial charge >= 0.3 is 0 Å². The number of fused-ring (bicyclic) bond motifs is 1. The van der Waals surface area contributed by atoms with Gasteiger partial charge in [-0.25, -0.2) is 0 Å². The summed E-state index contributed by atoms with van der Waals surface area (Å²) in [5.41, 5.74) is 2.69. The van der Waals surface area contributed by atoms with Crippen LogP contribution in [0.2, 0.25) is 0 Å². The maximum Gasteiger partial charge on any atom is 0.272 e. The first kappa shape index (κ1) is 17.2. The van der Waals surface area contributed by atoms with E-state index in [-0.39, 0.29) is 24.4 Å². The molecule has 1 atom stereocenters. The number of amides is 1. The van der Waals surface area contributed by atoms with Crippen LogP contribution in [-0.4, -0.2) is 53.2 Å². The highest BCUT2D eigenvalue weighted by Crippen LogP contribution is 2.15. The molecule has 1 saturated heterocycles. The summed E-state index contributed by atoms with van der Waals surface area (Å²) in [4.78, 5) is 14.8. The number of halogens is 1. The lowest BCUT2D eigenvalue weighted by molar-refractivity contribution is 0.0919. The van der Waals surface area contributed by atoms with Crippen LogP contribution in [0.5, 0.6) is 0 Å². The van der Waals surface area contributed by atoms with Crippen LogP contribution in [0.1, 0.15) is 47.9 Å². The Morgan fingerprint density at radius 1 is 1.36 bits per heavy atom. The highest BCUT2D eigenvalue weighted by atomic mass is 35.5. The molecule has 2 aliphatic heterocycles. The van der Waals surface area contributed by atoms with E-state index in [9.17, 15) is 4.79 Å². The molecule has 1 unspecified atom stereocenters. The van der Waals surface area contributed by atoms with E-state index < -0.39 is 0 Å². The fourth-order valence-electron chi connectivity index (χ4n) is 3.28. The third-order valence-corrected chi connectivity index (χ3v) is 4.38. The summed E-state index contributed by atoms with van der Waals surface area (Å²) >= 11 is 0. The van der Waals surface area contributed by atoms with E-state index >= 15 is 0 Å². The first-order valence-corrected chi connectivity index (χ1v) is 8.04. The van der Waals surface area contributed by atoms with E-state index in [0.29, 0.717) is 5.69 Å². The van der Waals surface area contributed by atoms with Crippen molar-refractivity contribution in [1.29, 1.82) is 0 Å². The number of H-pyrrole nitrogens is 1. The van der Waals surface area contributed by atoms with Gasteiger partial charge in [0.25, 0.3) is 5.91 Å². The fourth-order valence-corrected chi connectivity index (χ4v) is 3.28. The monoisotopic (exact) mass is 327 g/mol. The predicted octanol–water partition coefficient (Wildman–Crippen LogP) is 1.08. The predicted molar refractivity (Wildman–Crippen MR) is 88.5 cm³/mol. The summed E-state index contributed by atoms with van der Waals surface area (Å²) in [5.74, 6) is -0.0549. The van der Waals surface area contributed by atoms with Crippen molar-refractivity contribution in [1.82, 2.24) is 25.7 Å². The Bertz CT molecular complexity index is 498. The first-order valence-electron chi connectivity index (χ1n) is 8.04. The van der Waals surface area contributed by atoms with Gasteiger partial charge < -0.3 is 15.5 Å². The second-order valence-corrected chi connectivity index (χ2v) is 6.19. The SMILES string of the molecule is CC(CN1CCCCC1)NC(=O)c1n[nH]c2c1CNCC2.Cl. The molecule has 7 heteroatoms. The standard InChI is InChI=1S/C15H25N5O.ClH/c1-11(10-20-7-3-2-4-8-20)17-15(21)14-12-9-16-6-5-13(12)18-19-14;/h11,16H,2-10H2,1H3,(H,17,21)(H,18,19);1H. The summed E-state index contributed by atoms with van der Waals surface area (Å²) in [5, 5.41) is 13.6. The molecule has 0 aliphatic carbocycles. The average molecular weight is 328 g/mol. The Morgan fingerprint density at radius 2 is 2.14 bits per heavy atom. The summed E-state index contributed by atoms with van der Waals surface area (Å²) in [7, 11) is 0. The number of aromatic nitrogens is 2. The summed E-state index contributed by atoms with van der Waals surface area (Å²) in [6, 6.07) is 0.152. The molecule has 0 aromatic carbocycles. The molecule has 0 saturated carbocycles. The first-order chi connectivity index (χ1) is 10.2. The minimum Gasteiger partial charge on any atom is -0.347 e. The van der Waals surface area contributed by atoms with Crippen LogP contribution in [0.25, 0.3) is 0 Å². The van der Waals surface area contributed by atoms with Gasteiger partial charge in [0.05, 0.1) is 0 Å². The number of carbonyl (C=O) groups excluding carboxylic acids is 1. The second-order valence-electron chi connectivity index (χ2n) is 6.19. The Morgan fingerprint density at radius 3 is 2.91 bits per heavy atom. The van der Waals surface area contributed by atoms with Crippen molar-refractivity contribution in [3.05, 3.63) is 17.0 Å². The van der Waals surface area contributed by atoms with Gasteiger partial charge in [0, 0.05) is 43.4 Å². The molecule has 1 aromatic heterocycles. The van der Waals surface area contributed by atoms with E-state index in [1.165, 1.54) is 19.3 Å². The average Bonchev–Trinajstić information content (AvgIpc) is 2.92. The topological polar surface area (TPSA) is 73.0 Å². The van der Waals surface area contributed by atoms with Gasteiger partial charge in [0.1, 0.15) is 0 Å². The van der Waals surface area contributed by atoms with Crippen LogP contribution in [0.15, 0.2) is 0 Å². The fraction of sp³-hybridized carbons (Fsp3) is 0.733. The van der Waals surface area contributed by atoms with Crippen LogP contribution in [-0.2, 0) is 13.0 Å².